The van der Waals surface area contributed by atoms with Crippen LogP contribution < -0.4 is 5.32 Å². The number of nitro groups is 1. The number of carbonyl (C=O) groups is 1. The Morgan fingerprint density at radius 2 is 2.05 bits per heavy atom. The van der Waals surface area contributed by atoms with Gasteiger partial charge in [0.05, 0.1) is 10.6 Å². The van der Waals surface area contributed by atoms with Crippen LogP contribution in [0.2, 0.25) is 10.2 Å². The van der Waals surface area contributed by atoms with Crippen LogP contribution >= 0.6 is 39.1 Å². The maximum atomic E-state index is 12.2. The summed E-state index contributed by atoms with van der Waals surface area (Å²) in [6, 6.07) is 5.31. The summed E-state index contributed by atoms with van der Waals surface area (Å²) >= 11 is 14.7. The van der Waals surface area contributed by atoms with Gasteiger partial charge in [-0.05, 0) is 34.1 Å². The van der Waals surface area contributed by atoms with Crippen LogP contribution in [0.5, 0.6) is 0 Å². The molecule has 0 fully saturated rings. The second kappa shape index (κ2) is 6.38. The molecule has 108 valence electrons. The fraction of sp³-hybridized carbons (Fsp3) is 0. The van der Waals surface area contributed by atoms with E-state index < -0.39 is 10.8 Å². The van der Waals surface area contributed by atoms with Gasteiger partial charge in [-0.2, -0.15) is 0 Å². The van der Waals surface area contributed by atoms with Crippen LogP contribution in [0.4, 0.5) is 11.4 Å². The highest BCUT2D eigenvalue weighted by atomic mass is 79.9. The Labute approximate surface area is 137 Å². The third-order valence-corrected chi connectivity index (χ3v) is 3.42. The largest absolute Gasteiger partial charge is 0.319 e. The average Bonchev–Trinajstić information content (AvgIpc) is 2.42. The Morgan fingerprint density at radius 1 is 1.33 bits per heavy atom. The second-order valence-electron chi connectivity index (χ2n) is 3.86. The summed E-state index contributed by atoms with van der Waals surface area (Å²) in [5, 5.41) is 13.7. The van der Waals surface area contributed by atoms with Crippen LogP contribution in [0.1, 0.15) is 10.4 Å². The number of nitrogens with zero attached hydrogens (tertiary/aromatic N) is 2. The number of hydrogen-bond donors (Lipinski definition) is 1. The maximum absolute atomic E-state index is 12.2. The molecule has 0 bridgehead atoms. The van der Waals surface area contributed by atoms with E-state index in [-0.39, 0.29) is 27.1 Å². The van der Waals surface area contributed by atoms with Crippen molar-refractivity contribution in [2.75, 3.05) is 5.32 Å². The molecule has 0 radical (unpaired) electrons. The Balaban J connectivity index is 2.37. The van der Waals surface area contributed by atoms with Gasteiger partial charge < -0.3 is 5.32 Å². The SMILES string of the molecule is O=C(Nc1cc(Br)cnc1Cl)c1ccc(Cl)cc1[N+](=O)[O-]. The van der Waals surface area contributed by atoms with Crippen molar-refractivity contribution in [2.45, 2.75) is 0 Å². The molecular formula is C12H6BrCl2N3O3. The zero-order chi connectivity index (χ0) is 15.6. The molecule has 2 aromatic rings. The topological polar surface area (TPSA) is 85.1 Å². The van der Waals surface area contributed by atoms with Gasteiger partial charge in [0.25, 0.3) is 11.6 Å². The lowest BCUT2D eigenvalue weighted by molar-refractivity contribution is -0.385. The van der Waals surface area contributed by atoms with E-state index >= 15 is 0 Å². The first kappa shape index (κ1) is 15.7. The van der Waals surface area contributed by atoms with E-state index in [0.29, 0.717) is 4.47 Å². The molecule has 2 rings (SSSR count). The van der Waals surface area contributed by atoms with E-state index in [4.69, 9.17) is 23.2 Å². The van der Waals surface area contributed by atoms with Crippen LogP contribution in [0.3, 0.4) is 0 Å². The standard InChI is InChI=1S/C12H6BrCl2N3O3/c13-6-3-9(11(15)16-5-6)17-12(19)8-2-1-7(14)4-10(8)18(20)21/h1-5H,(H,17,19). The molecule has 21 heavy (non-hydrogen) atoms. The highest BCUT2D eigenvalue weighted by Gasteiger charge is 2.21. The first-order valence-electron chi connectivity index (χ1n) is 5.45. The number of anilines is 1. The number of benzene rings is 1. The molecule has 0 unspecified atom stereocenters. The van der Waals surface area contributed by atoms with Gasteiger partial charge in [0.15, 0.2) is 5.15 Å². The van der Waals surface area contributed by atoms with Crippen molar-refractivity contribution in [2.24, 2.45) is 0 Å². The summed E-state index contributed by atoms with van der Waals surface area (Å²) in [4.78, 5) is 26.3. The Hall–Kier alpha value is -1.70. The molecule has 6 nitrogen and oxygen atoms in total. The lowest BCUT2D eigenvalue weighted by Crippen LogP contribution is -2.14. The first-order chi connectivity index (χ1) is 9.88. The van der Waals surface area contributed by atoms with Gasteiger partial charge in [0.2, 0.25) is 0 Å². The second-order valence-corrected chi connectivity index (χ2v) is 5.57. The van der Waals surface area contributed by atoms with Gasteiger partial charge in [0, 0.05) is 21.8 Å². The first-order valence-corrected chi connectivity index (χ1v) is 6.99. The van der Waals surface area contributed by atoms with Gasteiger partial charge in [-0.3, -0.25) is 14.9 Å². The summed E-state index contributed by atoms with van der Waals surface area (Å²) in [7, 11) is 0. The molecule has 0 saturated heterocycles. The Morgan fingerprint density at radius 3 is 2.71 bits per heavy atom. The van der Waals surface area contributed by atoms with E-state index in [9.17, 15) is 14.9 Å². The van der Waals surface area contributed by atoms with E-state index in [1.165, 1.54) is 24.4 Å². The minimum Gasteiger partial charge on any atom is -0.319 e. The van der Waals surface area contributed by atoms with Crippen molar-refractivity contribution in [3.8, 4) is 0 Å². The molecule has 0 aliphatic carbocycles. The molecule has 1 heterocycles. The van der Waals surface area contributed by atoms with Crippen LogP contribution in [0, 0.1) is 10.1 Å². The van der Waals surface area contributed by atoms with E-state index in [2.05, 4.69) is 26.2 Å². The molecule has 0 aliphatic rings. The van der Waals surface area contributed by atoms with E-state index in [0.717, 1.165) is 6.07 Å². The summed E-state index contributed by atoms with van der Waals surface area (Å²) in [6.07, 6.45) is 1.46. The molecule has 0 spiro atoms. The van der Waals surface area contributed by atoms with Crippen molar-refractivity contribution in [1.29, 1.82) is 0 Å². The van der Waals surface area contributed by atoms with Gasteiger partial charge in [-0.15, -0.1) is 0 Å². The molecule has 0 aliphatic heterocycles. The molecule has 1 amide bonds. The summed E-state index contributed by atoms with van der Waals surface area (Å²) < 4.78 is 0.604. The van der Waals surface area contributed by atoms with Crippen molar-refractivity contribution < 1.29 is 9.72 Å². The maximum Gasteiger partial charge on any atom is 0.283 e. The third-order valence-electron chi connectivity index (χ3n) is 2.46. The summed E-state index contributed by atoms with van der Waals surface area (Å²) in [5.74, 6) is -0.680. The zero-order valence-electron chi connectivity index (χ0n) is 10.1. The smallest absolute Gasteiger partial charge is 0.283 e. The number of nitrogens with one attached hydrogen (secondary N) is 1. The number of carbonyl (C=O) groups excluding carboxylic acids is 1. The van der Waals surface area contributed by atoms with Gasteiger partial charge in [-0.25, -0.2) is 4.98 Å². The molecule has 9 heteroatoms. The van der Waals surface area contributed by atoms with Crippen molar-refractivity contribution >= 4 is 56.4 Å². The quantitative estimate of drug-likeness (QED) is 0.480. The number of aromatic nitrogens is 1. The van der Waals surface area contributed by atoms with Crippen LogP contribution in [0.15, 0.2) is 34.9 Å². The van der Waals surface area contributed by atoms with Crippen LogP contribution in [-0.2, 0) is 0 Å². The zero-order valence-corrected chi connectivity index (χ0v) is 13.2. The van der Waals surface area contributed by atoms with Gasteiger partial charge >= 0.3 is 0 Å². The summed E-state index contributed by atoms with van der Waals surface area (Å²) in [5.41, 5.74) is -0.278. The molecule has 0 saturated carbocycles. The van der Waals surface area contributed by atoms with Crippen molar-refractivity contribution in [3.63, 3.8) is 0 Å². The highest BCUT2D eigenvalue weighted by Crippen LogP contribution is 2.27. The fourth-order valence-electron chi connectivity index (χ4n) is 1.55. The average molecular weight is 391 g/mol. The molecule has 0 atom stereocenters. The fourth-order valence-corrected chi connectivity index (χ4v) is 2.20. The number of rotatable bonds is 3. The highest BCUT2D eigenvalue weighted by molar-refractivity contribution is 9.10. The number of hydrogen-bond acceptors (Lipinski definition) is 4. The monoisotopic (exact) mass is 389 g/mol. The van der Waals surface area contributed by atoms with E-state index in [1.54, 1.807) is 0 Å². The van der Waals surface area contributed by atoms with Gasteiger partial charge in [0.1, 0.15) is 5.56 Å². The predicted octanol–water partition coefficient (Wildman–Crippen LogP) is 4.31. The van der Waals surface area contributed by atoms with Crippen LogP contribution in [0.25, 0.3) is 0 Å². The predicted molar refractivity (Wildman–Crippen MR) is 83.0 cm³/mol. The van der Waals surface area contributed by atoms with Crippen LogP contribution in [-0.4, -0.2) is 15.8 Å². The normalized spacial score (nSPS) is 10.2. The molecule has 1 aromatic carbocycles. The van der Waals surface area contributed by atoms with Crippen molar-refractivity contribution in [1.82, 2.24) is 4.98 Å². The Kier molecular flexibility index (Phi) is 4.76. The third kappa shape index (κ3) is 3.69. The number of halogens is 3. The molecular weight excluding hydrogens is 385 g/mol. The lowest BCUT2D eigenvalue weighted by Gasteiger charge is -2.07. The van der Waals surface area contributed by atoms with Crippen molar-refractivity contribution in [3.05, 3.63) is 60.8 Å². The minimum absolute atomic E-state index is 0.0724. The summed E-state index contributed by atoms with van der Waals surface area (Å²) in [6.45, 7) is 0. The number of pyridine rings is 1. The molecule has 1 aromatic heterocycles. The molecule has 1 N–H and O–H groups in total. The lowest BCUT2D eigenvalue weighted by atomic mass is 10.1. The Bertz CT molecular complexity index is 740. The minimum atomic E-state index is -0.680. The number of amides is 1. The van der Waals surface area contributed by atoms with E-state index in [1.807, 2.05) is 0 Å². The number of nitro benzene ring substituents is 1. The van der Waals surface area contributed by atoms with Gasteiger partial charge in [-0.1, -0.05) is 23.2 Å².